The van der Waals surface area contributed by atoms with Gasteiger partial charge in [0.25, 0.3) is 0 Å². The largest absolute Gasteiger partial charge is 0.508 e. The molecule has 5 heteroatoms. The number of phenolic OH excluding ortho intramolecular Hbond substituents is 1. The van der Waals surface area contributed by atoms with E-state index in [2.05, 4.69) is 10.5 Å². The molecule has 0 unspecified atom stereocenters. The van der Waals surface area contributed by atoms with Gasteiger partial charge < -0.3 is 14.9 Å². The van der Waals surface area contributed by atoms with E-state index in [9.17, 15) is 9.90 Å². The van der Waals surface area contributed by atoms with Gasteiger partial charge in [-0.05, 0) is 31.5 Å². The molecule has 5 nitrogen and oxygen atoms in total. The van der Waals surface area contributed by atoms with Crippen molar-refractivity contribution in [2.24, 2.45) is 0 Å². The number of carbonyl (C=O) groups is 1. The maximum atomic E-state index is 11.8. The maximum Gasteiger partial charge on any atom is 0.224 e. The van der Waals surface area contributed by atoms with Crippen LogP contribution in [0.1, 0.15) is 22.6 Å². The fraction of sp³-hybridized carbons (Fsp3) is 0.286. The van der Waals surface area contributed by atoms with Crippen molar-refractivity contribution in [3.05, 3.63) is 46.8 Å². The van der Waals surface area contributed by atoms with Crippen LogP contribution in [-0.2, 0) is 17.8 Å². The van der Waals surface area contributed by atoms with Crippen molar-refractivity contribution in [2.45, 2.75) is 26.8 Å². The Kier molecular flexibility index (Phi) is 3.85. The topological polar surface area (TPSA) is 75.4 Å². The van der Waals surface area contributed by atoms with Crippen molar-refractivity contribution in [3.8, 4) is 5.75 Å². The zero-order valence-electron chi connectivity index (χ0n) is 10.9. The Morgan fingerprint density at radius 3 is 2.84 bits per heavy atom. The average Bonchev–Trinajstić information content (AvgIpc) is 2.67. The predicted octanol–water partition coefficient (Wildman–Crippen LogP) is 1.86. The molecule has 1 aromatic heterocycles. The minimum Gasteiger partial charge on any atom is -0.508 e. The van der Waals surface area contributed by atoms with Crippen LogP contribution in [0.15, 0.2) is 28.8 Å². The van der Waals surface area contributed by atoms with E-state index in [-0.39, 0.29) is 18.1 Å². The van der Waals surface area contributed by atoms with E-state index >= 15 is 0 Å². The number of hydrogen-bond donors (Lipinski definition) is 2. The predicted molar refractivity (Wildman–Crippen MR) is 69.6 cm³/mol. The van der Waals surface area contributed by atoms with Gasteiger partial charge in [-0.3, -0.25) is 4.79 Å². The minimum absolute atomic E-state index is 0.106. The summed E-state index contributed by atoms with van der Waals surface area (Å²) in [6.45, 7) is 4.06. The van der Waals surface area contributed by atoms with Crippen molar-refractivity contribution in [2.75, 3.05) is 0 Å². The van der Waals surface area contributed by atoms with Crippen LogP contribution in [0.3, 0.4) is 0 Å². The molecule has 0 saturated carbocycles. The smallest absolute Gasteiger partial charge is 0.224 e. The number of amides is 1. The van der Waals surface area contributed by atoms with Crippen molar-refractivity contribution < 1.29 is 14.4 Å². The maximum absolute atomic E-state index is 11.8. The lowest BCUT2D eigenvalue weighted by Crippen LogP contribution is -2.25. The summed E-state index contributed by atoms with van der Waals surface area (Å²) in [4.78, 5) is 11.8. The van der Waals surface area contributed by atoms with E-state index in [0.717, 1.165) is 22.6 Å². The quantitative estimate of drug-likeness (QED) is 0.879. The fourth-order valence-corrected chi connectivity index (χ4v) is 1.86. The van der Waals surface area contributed by atoms with Crippen LogP contribution in [0, 0.1) is 13.8 Å². The van der Waals surface area contributed by atoms with Crippen LogP contribution < -0.4 is 5.32 Å². The zero-order valence-corrected chi connectivity index (χ0v) is 10.9. The van der Waals surface area contributed by atoms with Gasteiger partial charge in [-0.2, -0.15) is 0 Å². The lowest BCUT2D eigenvalue weighted by Gasteiger charge is -2.05. The Balaban J connectivity index is 1.92. The van der Waals surface area contributed by atoms with E-state index < -0.39 is 0 Å². The lowest BCUT2D eigenvalue weighted by molar-refractivity contribution is -0.120. The molecule has 2 rings (SSSR count). The molecule has 2 N–H and O–H groups in total. The van der Waals surface area contributed by atoms with Gasteiger partial charge in [-0.15, -0.1) is 0 Å². The van der Waals surface area contributed by atoms with Crippen LogP contribution >= 0.6 is 0 Å². The molecule has 0 saturated heterocycles. The molecule has 100 valence electrons. The monoisotopic (exact) mass is 260 g/mol. The molecule has 1 amide bonds. The number of aryl methyl sites for hydroxylation is 2. The van der Waals surface area contributed by atoms with Gasteiger partial charge in [0.15, 0.2) is 0 Å². The van der Waals surface area contributed by atoms with Crippen molar-refractivity contribution in [1.82, 2.24) is 10.5 Å². The average molecular weight is 260 g/mol. The fourth-order valence-electron chi connectivity index (χ4n) is 1.86. The van der Waals surface area contributed by atoms with Gasteiger partial charge in [0.05, 0.1) is 12.1 Å². The second-order valence-corrected chi connectivity index (χ2v) is 4.43. The normalized spacial score (nSPS) is 10.4. The SMILES string of the molecule is Cc1noc(C)c1CNC(=O)Cc1cccc(O)c1. The first-order valence-electron chi connectivity index (χ1n) is 6.02. The van der Waals surface area contributed by atoms with E-state index in [1.807, 2.05) is 13.8 Å². The third kappa shape index (κ3) is 3.34. The number of phenols is 1. The number of benzene rings is 1. The summed E-state index contributed by atoms with van der Waals surface area (Å²) in [6, 6.07) is 6.67. The highest BCUT2D eigenvalue weighted by Crippen LogP contribution is 2.13. The second kappa shape index (κ2) is 5.56. The molecule has 0 radical (unpaired) electrons. The third-order valence-electron chi connectivity index (χ3n) is 2.92. The highest BCUT2D eigenvalue weighted by molar-refractivity contribution is 5.78. The van der Waals surface area contributed by atoms with Gasteiger partial charge >= 0.3 is 0 Å². The molecule has 0 spiro atoms. The Hall–Kier alpha value is -2.30. The summed E-state index contributed by atoms with van der Waals surface area (Å²) in [6.07, 6.45) is 0.234. The van der Waals surface area contributed by atoms with Gasteiger partial charge in [-0.1, -0.05) is 17.3 Å². The van der Waals surface area contributed by atoms with Gasteiger partial charge in [0.1, 0.15) is 11.5 Å². The molecule has 0 aliphatic heterocycles. The van der Waals surface area contributed by atoms with Crippen molar-refractivity contribution in [3.63, 3.8) is 0 Å². The highest BCUT2D eigenvalue weighted by Gasteiger charge is 2.10. The zero-order chi connectivity index (χ0) is 13.8. The molecule has 0 fully saturated rings. The Bertz CT molecular complexity index is 571. The summed E-state index contributed by atoms with van der Waals surface area (Å²) in [5.74, 6) is 0.775. The van der Waals surface area contributed by atoms with Crippen molar-refractivity contribution >= 4 is 5.91 Å². The van der Waals surface area contributed by atoms with Gasteiger partial charge in [0.2, 0.25) is 5.91 Å². The molecule has 0 aliphatic rings. The van der Waals surface area contributed by atoms with Crippen LogP contribution in [0.4, 0.5) is 0 Å². The second-order valence-electron chi connectivity index (χ2n) is 4.43. The molecule has 0 bridgehead atoms. The number of nitrogens with zero attached hydrogens (tertiary/aromatic N) is 1. The Labute approximate surface area is 111 Å². The van der Waals surface area contributed by atoms with Crippen LogP contribution in [0.2, 0.25) is 0 Å². The molecule has 0 atom stereocenters. The highest BCUT2D eigenvalue weighted by atomic mass is 16.5. The van der Waals surface area contributed by atoms with E-state index in [1.165, 1.54) is 0 Å². The molecular weight excluding hydrogens is 244 g/mol. The number of aromatic hydroxyl groups is 1. The molecule has 19 heavy (non-hydrogen) atoms. The number of rotatable bonds is 4. The van der Waals surface area contributed by atoms with Crippen molar-refractivity contribution in [1.29, 1.82) is 0 Å². The van der Waals surface area contributed by atoms with Gasteiger partial charge in [0, 0.05) is 12.1 Å². The Morgan fingerprint density at radius 1 is 1.42 bits per heavy atom. The van der Waals surface area contributed by atoms with E-state index in [1.54, 1.807) is 24.3 Å². The van der Waals surface area contributed by atoms with E-state index in [4.69, 9.17) is 4.52 Å². The van der Waals surface area contributed by atoms with Gasteiger partial charge in [-0.25, -0.2) is 0 Å². The number of carbonyl (C=O) groups excluding carboxylic acids is 1. The summed E-state index contributed by atoms with van der Waals surface area (Å²) < 4.78 is 5.03. The summed E-state index contributed by atoms with van der Waals surface area (Å²) in [5.41, 5.74) is 2.47. The van der Waals surface area contributed by atoms with Crippen LogP contribution in [0.25, 0.3) is 0 Å². The lowest BCUT2D eigenvalue weighted by atomic mass is 10.1. The summed E-state index contributed by atoms with van der Waals surface area (Å²) >= 11 is 0. The number of aromatic nitrogens is 1. The summed E-state index contributed by atoms with van der Waals surface area (Å²) in [5, 5.41) is 16.0. The summed E-state index contributed by atoms with van der Waals surface area (Å²) in [7, 11) is 0. The van der Waals surface area contributed by atoms with Crippen LogP contribution in [0.5, 0.6) is 5.75 Å². The molecule has 1 heterocycles. The number of nitrogens with one attached hydrogen (secondary N) is 1. The third-order valence-corrected chi connectivity index (χ3v) is 2.92. The first-order chi connectivity index (χ1) is 9.06. The first kappa shape index (κ1) is 13.1. The standard InChI is InChI=1S/C14H16N2O3/c1-9-13(10(2)19-16-9)8-15-14(18)7-11-4-3-5-12(17)6-11/h3-6,17H,7-8H2,1-2H3,(H,15,18). The minimum atomic E-state index is -0.106. The molecule has 0 aliphatic carbocycles. The molecule has 2 aromatic rings. The van der Waals surface area contributed by atoms with Crippen LogP contribution in [-0.4, -0.2) is 16.2 Å². The first-order valence-corrected chi connectivity index (χ1v) is 6.02. The number of hydrogen-bond acceptors (Lipinski definition) is 4. The molecular formula is C14H16N2O3. The molecule has 1 aromatic carbocycles. The Morgan fingerprint density at radius 2 is 2.21 bits per heavy atom. The van der Waals surface area contributed by atoms with E-state index in [0.29, 0.717) is 6.54 Å².